The first kappa shape index (κ1) is 17.2. The average Bonchev–Trinajstić information content (AvgIpc) is 3.02. The average molecular weight is 372 g/mol. The Kier molecular flexibility index (Phi) is 4.54. The highest BCUT2D eigenvalue weighted by atomic mass is 32.2. The number of hydrogen-bond acceptors (Lipinski definition) is 3. The second kappa shape index (κ2) is 6.85. The van der Waals surface area contributed by atoms with Crippen LogP contribution < -0.4 is 5.32 Å². The van der Waals surface area contributed by atoms with Gasteiger partial charge in [0.05, 0.1) is 11.3 Å². The van der Waals surface area contributed by atoms with Crippen LogP contribution in [0.1, 0.15) is 29.9 Å². The smallest absolute Gasteiger partial charge is 0.243 e. The second-order valence-corrected chi connectivity index (χ2v) is 8.65. The minimum absolute atomic E-state index is 0.0827. The highest BCUT2D eigenvalue weighted by Crippen LogP contribution is 2.34. The van der Waals surface area contributed by atoms with Crippen LogP contribution in [0, 0.1) is 5.82 Å². The molecule has 0 unspecified atom stereocenters. The van der Waals surface area contributed by atoms with Crippen LogP contribution in [-0.2, 0) is 15.8 Å². The Morgan fingerprint density at radius 3 is 2.54 bits per heavy atom. The molecular formula is C20H21FN2O2S. The van der Waals surface area contributed by atoms with Crippen LogP contribution >= 0.6 is 0 Å². The van der Waals surface area contributed by atoms with Crippen LogP contribution in [0.5, 0.6) is 0 Å². The second-order valence-electron chi connectivity index (χ2n) is 6.81. The maximum Gasteiger partial charge on any atom is 0.243 e. The molecule has 0 radical (unpaired) electrons. The molecule has 4 nitrogen and oxygen atoms in total. The molecule has 2 aromatic carbocycles. The molecule has 0 saturated carbocycles. The molecule has 0 bridgehead atoms. The fourth-order valence-electron chi connectivity index (χ4n) is 3.74. The maximum absolute atomic E-state index is 13.9. The summed E-state index contributed by atoms with van der Waals surface area (Å²) in [7, 11) is -3.59. The van der Waals surface area contributed by atoms with E-state index >= 15 is 0 Å². The van der Waals surface area contributed by atoms with Gasteiger partial charge in [-0.05, 0) is 61.2 Å². The zero-order valence-corrected chi connectivity index (χ0v) is 15.2. The molecule has 1 aromatic heterocycles. The van der Waals surface area contributed by atoms with Crippen molar-refractivity contribution < 1.29 is 12.8 Å². The Hall–Kier alpha value is -2.18. The molecule has 26 heavy (non-hydrogen) atoms. The van der Waals surface area contributed by atoms with Crippen molar-refractivity contribution in [1.29, 1.82) is 0 Å². The van der Waals surface area contributed by atoms with Gasteiger partial charge in [-0.2, -0.15) is 0 Å². The highest BCUT2D eigenvalue weighted by molar-refractivity contribution is 7.89. The van der Waals surface area contributed by atoms with Gasteiger partial charge in [0, 0.05) is 11.6 Å². The molecule has 3 aromatic rings. The van der Waals surface area contributed by atoms with E-state index in [1.807, 2.05) is 18.2 Å². The first-order valence-corrected chi connectivity index (χ1v) is 10.4. The van der Waals surface area contributed by atoms with E-state index in [0.29, 0.717) is 10.9 Å². The first-order valence-electron chi connectivity index (χ1n) is 8.83. The Bertz CT molecular complexity index is 1020. The minimum Gasteiger partial charge on any atom is -0.317 e. The van der Waals surface area contributed by atoms with E-state index < -0.39 is 10.0 Å². The van der Waals surface area contributed by atoms with Crippen molar-refractivity contribution in [2.75, 3.05) is 13.1 Å². The van der Waals surface area contributed by atoms with Crippen molar-refractivity contribution in [3.63, 3.8) is 0 Å². The summed E-state index contributed by atoms with van der Waals surface area (Å²) >= 11 is 0. The van der Waals surface area contributed by atoms with Crippen molar-refractivity contribution in [1.82, 2.24) is 9.29 Å². The summed E-state index contributed by atoms with van der Waals surface area (Å²) in [5, 5.41) is 4.02. The van der Waals surface area contributed by atoms with Crippen LogP contribution in [-0.4, -0.2) is 25.5 Å². The molecule has 136 valence electrons. The Morgan fingerprint density at radius 1 is 1.08 bits per heavy atom. The minimum atomic E-state index is -3.59. The van der Waals surface area contributed by atoms with Crippen LogP contribution in [0.4, 0.5) is 4.39 Å². The fraction of sp³-hybridized carbons (Fsp3) is 0.300. The molecule has 1 aliphatic heterocycles. The lowest BCUT2D eigenvalue weighted by atomic mass is 9.90. The van der Waals surface area contributed by atoms with E-state index in [2.05, 4.69) is 5.32 Å². The number of fused-ring (bicyclic) bond motifs is 1. The quantitative estimate of drug-likeness (QED) is 0.761. The molecule has 2 heterocycles. The van der Waals surface area contributed by atoms with E-state index in [1.54, 1.807) is 24.4 Å². The summed E-state index contributed by atoms with van der Waals surface area (Å²) in [6.45, 7) is 1.78. The number of piperidine rings is 1. The maximum atomic E-state index is 13.9. The van der Waals surface area contributed by atoms with Crippen molar-refractivity contribution in [3.05, 3.63) is 71.7 Å². The lowest BCUT2D eigenvalue weighted by molar-refractivity contribution is 0.462. The van der Waals surface area contributed by atoms with Gasteiger partial charge in [-0.15, -0.1) is 0 Å². The predicted octanol–water partition coefficient (Wildman–Crippen LogP) is 3.63. The molecule has 1 saturated heterocycles. The molecule has 0 aliphatic carbocycles. The van der Waals surface area contributed by atoms with Crippen molar-refractivity contribution in [2.24, 2.45) is 0 Å². The fourth-order valence-corrected chi connectivity index (χ4v) is 5.23. The van der Waals surface area contributed by atoms with Crippen molar-refractivity contribution in [3.8, 4) is 0 Å². The normalized spacial score (nSPS) is 16.2. The molecule has 1 N–H and O–H groups in total. The summed E-state index contributed by atoms with van der Waals surface area (Å²) in [6, 6.07) is 13.5. The van der Waals surface area contributed by atoms with Gasteiger partial charge in [0.15, 0.2) is 0 Å². The summed E-state index contributed by atoms with van der Waals surface area (Å²) in [5.74, 6) is -0.180. The summed E-state index contributed by atoms with van der Waals surface area (Å²) in [5.41, 5.74) is 2.22. The first-order chi connectivity index (χ1) is 12.5. The summed E-state index contributed by atoms with van der Waals surface area (Å²) < 4.78 is 41.3. The van der Waals surface area contributed by atoms with Gasteiger partial charge < -0.3 is 5.32 Å². The Morgan fingerprint density at radius 2 is 1.81 bits per heavy atom. The molecule has 0 spiro atoms. The lowest BCUT2D eigenvalue weighted by Gasteiger charge is -2.22. The number of nitrogens with one attached hydrogen (secondary N) is 1. The number of benzene rings is 2. The van der Waals surface area contributed by atoms with E-state index in [0.717, 1.165) is 37.1 Å². The molecule has 0 atom stereocenters. The summed E-state index contributed by atoms with van der Waals surface area (Å²) in [6.07, 6.45) is 3.56. The molecule has 1 aliphatic rings. The third-order valence-corrected chi connectivity index (χ3v) is 6.63. The highest BCUT2D eigenvalue weighted by Gasteiger charge is 2.24. The van der Waals surface area contributed by atoms with E-state index in [4.69, 9.17) is 0 Å². The van der Waals surface area contributed by atoms with Gasteiger partial charge in [-0.3, -0.25) is 0 Å². The lowest BCUT2D eigenvalue weighted by Crippen LogP contribution is -2.26. The van der Waals surface area contributed by atoms with Crippen molar-refractivity contribution in [2.45, 2.75) is 24.5 Å². The van der Waals surface area contributed by atoms with Gasteiger partial charge in [0.2, 0.25) is 10.0 Å². The molecule has 1 fully saturated rings. The third-order valence-electron chi connectivity index (χ3n) is 5.03. The largest absolute Gasteiger partial charge is 0.317 e. The number of hydrogen-bond donors (Lipinski definition) is 1. The van der Waals surface area contributed by atoms with Gasteiger partial charge in [0.25, 0.3) is 0 Å². The summed E-state index contributed by atoms with van der Waals surface area (Å²) in [4.78, 5) is 0. The van der Waals surface area contributed by atoms with Gasteiger partial charge in [-0.1, -0.05) is 30.3 Å². The van der Waals surface area contributed by atoms with Crippen LogP contribution in [0.25, 0.3) is 10.9 Å². The number of aromatic nitrogens is 1. The predicted molar refractivity (Wildman–Crippen MR) is 101 cm³/mol. The molecule has 0 amide bonds. The Labute approximate surface area is 152 Å². The standard InChI is InChI=1S/C20H21FN2O2S/c21-17-6-7-20-18(12-17)19(16-8-10-22-11-9-16)13-23(20)26(24,25)14-15-4-2-1-3-5-15/h1-7,12-13,16,22H,8-11,14H2. The van der Waals surface area contributed by atoms with E-state index in [9.17, 15) is 12.8 Å². The monoisotopic (exact) mass is 372 g/mol. The SMILES string of the molecule is O=S(=O)(Cc1ccccc1)n1cc(C2CCNCC2)c2cc(F)ccc21. The third kappa shape index (κ3) is 3.27. The number of nitrogens with zero attached hydrogens (tertiary/aromatic N) is 1. The van der Waals surface area contributed by atoms with Crippen LogP contribution in [0.15, 0.2) is 54.7 Å². The molecular weight excluding hydrogens is 351 g/mol. The van der Waals surface area contributed by atoms with Crippen molar-refractivity contribution >= 4 is 20.9 Å². The van der Waals surface area contributed by atoms with E-state index in [-0.39, 0.29) is 17.5 Å². The number of halogens is 1. The number of rotatable bonds is 4. The van der Waals surface area contributed by atoms with Gasteiger partial charge in [-0.25, -0.2) is 16.8 Å². The van der Waals surface area contributed by atoms with Gasteiger partial charge >= 0.3 is 0 Å². The zero-order valence-electron chi connectivity index (χ0n) is 14.4. The van der Waals surface area contributed by atoms with Crippen LogP contribution in [0.2, 0.25) is 0 Å². The van der Waals surface area contributed by atoms with E-state index in [1.165, 1.54) is 16.1 Å². The van der Waals surface area contributed by atoms with Gasteiger partial charge in [0.1, 0.15) is 5.82 Å². The molecule has 4 rings (SSSR count). The Balaban J connectivity index is 1.82. The van der Waals surface area contributed by atoms with Crippen LogP contribution in [0.3, 0.4) is 0 Å². The molecule has 6 heteroatoms. The topological polar surface area (TPSA) is 51.1 Å². The zero-order chi connectivity index (χ0) is 18.1.